The Kier molecular flexibility index (Phi) is 4.42. The van der Waals surface area contributed by atoms with Gasteiger partial charge in [-0.2, -0.15) is 5.10 Å². The molecule has 0 spiro atoms. The zero-order valence-electron chi connectivity index (χ0n) is 11.9. The Morgan fingerprint density at radius 1 is 1.14 bits per heavy atom. The molecule has 1 aromatic carbocycles. The molecule has 3 aromatic rings. The van der Waals surface area contributed by atoms with Gasteiger partial charge in [0.15, 0.2) is 0 Å². The zero-order valence-corrected chi connectivity index (χ0v) is 13.4. The molecule has 0 aliphatic carbocycles. The Hall–Kier alpha value is -1.89. The molecule has 0 unspecified atom stereocenters. The number of rotatable bonds is 5. The van der Waals surface area contributed by atoms with Gasteiger partial charge in [0.05, 0.1) is 33.3 Å². The molecule has 2 heterocycles. The Morgan fingerprint density at radius 2 is 2.00 bits per heavy atom. The van der Waals surface area contributed by atoms with Crippen molar-refractivity contribution in [2.75, 3.05) is 0 Å². The third-order valence-electron chi connectivity index (χ3n) is 3.24. The maximum atomic E-state index is 6.01. The Labute approximate surface area is 137 Å². The van der Waals surface area contributed by atoms with E-state index in [9.17, 15) is 0 Å². The average Bonchev–Trinajstić information content (AvgIpc) is 3.12. The Bertz CT molecular complexity index is 779. The molecule has 1 N–H and O–H groups in total. The largest absolute Gasteiger partial charge is 0.305 e. The van der Waals surface area contributed by atoms with Gasteiger partial charge in [0.2, 0.25) is 0 Å². The topological polar surface area (TPSA) is 60.6 Å². The first kappa shape index (κ1) is 15.0. The lowest BCUT2D eigenvalue weighted by molar-refractivity contribution is 0.619. The van der Waals surface area contributed by atoms with Gasteiger partial charge in [-0.3, -0.25) is 4.68 Å². The van der Waals surface area contributed by atoms with Gasteiger partial charge in [0.25, 0.3) is 0 Å². The molecule has 0 amide bonds. The van der Waals surface area contributed by atoms with Crippen LogP contribution in [0.2, 0.25) is 10.0 Å². The van der Waals surface area contributed by atoms with Gasteiger partial charge in [-0.1, -0.05) is 28.4 Å². The van der Waals surface area contributed by atoms with Gasteiger partial charge in [0.1, 0.15) is 0 Å². The van der Waals surface area contributed by atoms with E-state index in [-0.39, 0.29) is 0 Å². The number of nitrogens with one attached hydrogen (secondary N) is 1. The third-order valence-corrected chi connectivity index (χ3v) is 3.98. The molecule has 0 bridgehead atoms. The number of aromatic nitrogens is 5. The highest BCUT2D eigenvalue weighted by molar-refractivity contribution is 6.42. The van der Waals surface area contributed by atoms with Gasteiger partial charge >= 0.3 is 0 Å². The van der Waals surface area contributed by atoms with Crippen molar-refractivity contribution in [2.45, 2.75) is 13.1 Å². The van der Waals surface area contributed by atoms with E-state index >= 15 is 0 Å². The van der Waals surface area contributed by atoms with Gasteiger partial charge < -0.3 is 5.32 Å². The van der Waals surface area contributed by atoms with Crippen LogP contribution in [-0.4, -0.2) is 24.8 Å². The molecular weight excluding hydrogens is 323 g/mol. The zero-order chi connectivity index (χ0) is 15.5. The van der Waals surface area contributed by atoms with Crippen LogP contribution in [0.3, 0.4) is 0 Å². The second-order valence-corrected chi connectivity index (χ2v) is 5.62. The highest BCUT2D eigenvalue weighted by Gasteiger charge is 2.06. The monoisotopic (exact) mass is 336 g/mol. The summed E-state index contributed by atoms with van der Waals surface area (Å²) in [4.78, 5) is 0. The van der Waals surface area contributed by atoms with Gasteiger partial charge in [-0.25, -0.2) is 4.68 Å². The standard InChI is InChI=1S/C14H14Cl2N6/c1-21-12(4-5-18-21)8-17-7-10-9-22(20-19-10)11-2-3-13(15)14(16)6-11/h2-6,9,17H,7-8H2,1H3. The predicted molar refractivity (Wildman–Crippen MR) is 85.1 cm³/mol. The van der Waals surface area contributed by atoms with Gasteiger partial charge in [-0.15, -0.1) is 5.10 Å². The van der Waals surface area contributed by atoms with Crippen LogP contribution >= 0.6 is 23.2 Å². The van der Waals surface area contributed by atoms with Crippen LogP contribution in [0.5, 0.6) is 0 Å². The van der Waals surface area contributed by atoms with Crippen LogP contribution < -0.4 is 5.32 Å². The molecule has 0 saturated heterocycles. The Morgan fingerprint density at radius 3 is 2.73 bits per heavy atom. The smallest absolute Gasteiger partial charge is 0.0969 e. The Balaban J connectivity index is 1.63. The predicted octanol–water partition coefficient (Wildman–Crippen LogP) is 2.60. The highest BCUT2D eigenvalue weighted by atomic mass is 35.5. The van der Waals surface area contributed by atoms with E-state index < -0.39 is 0 Å². The van der Waals surface area contributed by atoms with E-state index in [1.807, 2.05) is 30.1 Å². The first-order chi connectivity index (χ1) is 10.6. The summed E-state index contributed by atoms with van der Waals surface area (Å²) in [6, 6.07) is 7.31. The minimum atomic E-state index is 0.491. The summed E-state index contributed by atoms with van der Waals surface area (Å²) in [5, 5.41) is 16.7. The normalized spacial score (nSPS) is 11.0. The van der Waals surface area contributed by atoms with Crippen LogP contribution in [0.1, 0.15) is 11.4 Å². The van der Waals surface area contributed by atoms with Crippen LogP contribution in [0.25, 0.3) is 5.69 Å². The summed E-state index contributed by atoms with van der Waals surface area (Å²) < 4.78 is 3.50. The molecule has 0 radical (unpaired) electrons. The maximum Gasteiger partial charge on any atom is 0.0969 e. The number of hydrogen-bond donors (Lipinski definition) is 1. The highest BCUT2D eigenvalue weighted by Crippen LogP contribution is 2.24. The number of nitrogens with zero attached hydrogens (tertiary/aromatic N) is 5. The van der Waals surface area contributed by atoms with E-state index in [4.69, 9.17) is 23.2 Å². The van der Waals surface area contributed by atoms with E-state index in [1.165, 1.54) is 0 Å². The fourth-order valence-electron chi connectivity index (χ4n) is 2.03. The molecule has 3 rings (SSSR count). The first-order valence-corrected chi connectivity index (χ1v) is 7.43. The fourth-order valence-corrected chi connectivity index (χ4v) is 2.32. The van der Waals surface area contributed by atoms with Crippen molar-refractivity contribution < 1.29 is 0 Å². The molecule has 2 aromatic heterocycles. The number of benzene rings is 1. The molecule has 0 aliphatic heterocycles. The van der Waals surface area contributed by atoms with Crippen LogP contribution in [-0.2, 0) is 20.1 Å². The van der Waals surface area contributed by atoms with Gasteiger partial charge in [0, 0.05) is 26.3 Å². The van der Waals surface area contributed by atoms with Crippen molar-refractivity contribution in [1.29, 1.82) is 0 Å². The van der Waals surface area contributed by atoms with Crippen molar-refractivity contribution in [3.8, 4) is 5.69 Å². The summed E-state index contributed by atoms with van der Waals surface area (Å²) in [5.41, 5.74) is 2.77. The van der Waals surface area contributed by atoms with Crippen LogP contribution in [0.4, 0.5) is 0 Å². The van der Waals surface area contributed by atoms with Crippen molar-refractivity contribution in [3.05, 3.63) is 58.1 Å². The molecular formula is C14H14Cl2N6. The SMILES string of the molecule is Cn1nccc1CNCc1cn(-c2ccc(Cl)c(Cl)c2)nn1. The summed E-state index contributed by atoms with van der Waals surface area (Å²) in [6.07, 6.45) is 3.63. The van der Waals surface area contributed by atoms with E-state index in [1.54, 1.807) is 23.0 Å². The summed E-state index contributed by atoms with van der Waals surface area (Å²) in [5.74, 6) is 0. The first-order valence-electron chi connectivity index (χ1n) is 6.68. The van der Waals surface area contributed by atoms with Crippen molar-refractivity contribution >= 4 is 23.2 Å². The molecule has 0 atom stereocenters. The average molecular weight is 337 g/mol. The lowest BCUT2D eigenvalue weighted by Crippen LogP contribution is -2.15. The second kappa shape index (κ2) is 6.48. The van der Waals surface area contributed by atoms with Gasteiger partial charge in [-0.05, 0) is 24.3 Å². The van der Waals surface area contributed by atoms with E-state index in [2.05, 4.69) is 20.7 Å². The molecule has 6 nitrogen and oxygen atoms in total. The summed E-state index contributed by atoms with van der Waals surface area (Å²) in [6.45, 7) is 1.34. The summed E-state index contributed by atoms with van der Waals surface area (Å²) in [7, 11) is 1.91. The minimum absolute atomic E-state index is 0.491. The van der Waals surface area contributed by atoms with Crippen molar-refractivity contribution in [2.24, 2.45) is 7.05 Å². The molecule has 0 fully saturated rings. The quantitative estimate of drug-likeness (QED) is 0.777. The number of aryl methyl sites for hydroxylation is 1. The second-order valence-electron chi connectivity index (χ2n) is 4.80. The fraction of sp³-hybridized carbons (Fsp3) is 0.214. The maximum absolute atomic E-state index is 6.01. The van der Waals surface area contributed by atoms with E-state index in [0.29, 0.717) is 16.6 Å². The molecule has 8 heteroatoms. The number of halogens is 2. The molecule has 22 heavy (non-hydrogen) atoms. The minimum Gasteiger partial charge on any atom is -0.305 e. The molecule has 0 saturated carbocycles. The van der Waals surface area contributed by atoms with Crippen molar-refractivity contribution in [1.82, 2.24) is 30.1 Å². The van der Waals surface area contributed by atoms with Crippen LogP contribution in [0.15, 0.2) is 36.7 Å². The van der Waals surface area contributed by atoms with Crippen LogP contribution in [0, 0.1) is 0 Å². The van der Waals surface area contributed by atoms with Crippen molar-refractivity contribution in [3.63, 3.8) is 0 Å². The van der Waals surface area contributed by atoms with E-state index in [0.717, 1.165) is 23.6 Å². The third kappa shape index (κ3) is 3.30. The molecule has 0 aliphatic rings. The lowest BCUT2D eigenvalue weighted by Gasteiger charge is -2.03. The summed E-state index contributed by atoms with van der Waals surface area (Å²) >= 11 is 11.9. The lowest BCUT2D eigenvalue weighted by atomic mass is 10.3. The number of hydrogen-bond acceptors (Lipinski definition) is 4. The molecule has 114 valence electrons.